The predicted octanol–water partition coefficient (Wildman–Crippen LogP) is 1.84. The Morgan fingerprint density at radius 1 is 0.919 bits per heavy atom. The number of benzene rings is 2. The van der Waals surface area contributed by atoms with Crippen LogP contribution in [0.15, 0.2) is 82.5 Å². The number of methoxy groups -OCH3 is 1. The van der Waals surface area contributed by atoms with E-state index in [2.05, 4.69) is 0 Å². The van der Waals surface area contributed by atoms with Gasteiger partial charge in [-0.05, 0) is 17.7 Å². The molecule has 4 rings (SSSR count). The molecule has 11 heteroatoms. The van der Waals surface area contributed by atoms with Crippen molar-refractivity contribution in [2.24, 2.45) is 0 Å². The number of nitrogens with zero attached hydrogens (tertiary/aromatic N) is 2. The van der Waals surface area contributed by atoms with Crippen LogP contribution in [0, 0.1) is 0 Å². The van der Waals surface area contributed by atoms with Gasteiger partial charge in [0.15, 0.2) is 12.3 Å². The molecule has 11 nitrogen and oxygen atoms in total. The number of carbonyl (C=O) groups is 2. The van der Waals surface area contributed by atoms with Crippen molar-refractivity contribution in [2.45, 2.75) is 45.0 Å². The zero-order valence-electron chi connectivity index (χ0n) is 20.2. The van der Waals surface area contributed by atoms with E-state index in [1.807, 2.05) is 30.3 Å². The molecule has 0 spiro atoms. The number of ether oxygens (including phenoxy) is 5. The third-order valence-corrected chi connectivity index (χ3v) is 5.66. The molecule has 4 atom stereocenters. The molecule has 194 valence electrons. The van der Waals surface area contributed by atoms with Crippen LogP contribution in [-0.4, -0.2) is 46.7 Å². The van der Waals surface area contributed by atoms with Gasteiger partial charge in [-0.1, -0.05) is 48.5 Å². The maximum Gasteiger partial charge on any atom is 0.338 e. The number of carbonyl (C=O) groups excluding carboxylic acids is 2. The minimum atomic E-state index is -1.36. The molecule has 1 aliphatic heterocycles. The zero-order valence-corrected chi connectivity index (χ0v) is 20.2. The Morgan fingerprint density at radius 2 is 1.59 bits per heavy atom. The van der Waals surface area contributed by atoms with Crippen molar-refractivity contribution < 1.29 is 33.3 Å². The van der Waals surface area contributed by atoms with Gasteiger partial charge < -0.3 is 23.7 Å². The number of aromatic nitrogens is 2. The summed E-state index contributed by atoms with van der Waals surface area (Å²) in [5, 5.41) is 0. The first-order valence-electron chi connectivity index (χ1n) is 11.4. The summed E-state index contributed by atoms with van der Waals surface area (Å²) in [6.07, 6.45) is -3.56. The second kappa shape index (κ2) is 11.8. The molecule has 1 aromatic heterocycles. The van der Waals surface area contributed by atoms with E-state index in [0.717, 1.165) is 14.7 Å². The third kappa shape index (κ3) is 6.02. The van der Waals surface area contributed by atoms with Gasteiger partial charge in [0.2, 0.25) is 6.29 Å². The smallest absolute Gasteiger partial charge is 0.338 e. The summed E-state index contributed by atoms with van der Waals surface area (Å²) < 4.78 is 29.7. The zero-order chi connectivity index (χ0) is 26.4. The molecule has 2 aromatic carbocycles. The minimum Gasteiger partial charge on any atom is -0.449 e. The molecule has 0 bridgehead atoms. The van der Waals surface area contributed by atoms with E-state index in [1.165, 1.54) is 26.3 Å². The Kier molecular flexibility index (Phi) is 8.29. The normalized spacial score (nSPS) is 20.9. The molecular formula is C26H26N2O9. The topological polar surface area (TPSA) is 124 Å². The molecule has 0 saturated carbocycles. The summed E-state index contributed by atoms with van der Waals surface area (Å²) in [5.41, 5.74) is -0.185. The van der Waals surface area contributed by atoms with Crippen LogP contribution in [0.4, 0.5) is 0 Å². The Labute approximate surface area is 211 Å². The highest BCUT2D eigenvalue weighted by Gasteiger charge is 2.51. The lowest BCUT2D eigenvalue weighted by Gasteiger charge is -2.23. The Bertz CT molecular complexity index is 1340. The predicted molar refractivity (Wildman–Crippen MR) is 128 cm³/mol. The second-order valence-electron chi connectivity index (χ2n) is 8.18. The van der Waals surface area contributed by atoms with Gasteiger partial charge in [0.05, 0.1) is 12.2 Å². The van der Waals surface area contributed by atoms with Crippen molar-refractivity contribution >= 4 is 11.9 Å². The van der Waals surface area contributed by atoms with Gasteiger partial charge in [-0.25, -0.2) is 14.2 Å². The van der Waals surface area contributed by atoms with Crippen molar-refractivity contribution in [3.05, 3.63) is 105 Å². The molecule has 0 radical (unpaired) electrons. The summed E-state index contributed by atoms with van der Waals surface area (Å²) in [6, 6.07) is 18.7. The molecule has 2 heterocycles. The van der Waals surface area contributed by atoms with Gasteiger partial charge >= 0.3 is 17.6 Å². The van der Waals surface area contributed by atoms with E-state index in [1.54, 1.807) is 30.3 Å². The van der Waals surface area contributed by atoms with E-state index in [9.17, 15) is 19.2 Å². The van der Waals surface area contributed by atoms with Gasteiger partial charge in [-0.3, -0.25) is 14.2 Å². The molecule has 1 fully saturated rings. The first kappa shape index (κ1) is 26.0. The Morgan fingerprint density at radius 3 is 2.24 bits per heavy atom. The van der Waals surface area contributed by atoms with Gasteiger partial charge in [0, 0.05) is 26.3 Å². The van der Waals surface area contributed by atoms with Gasteiger partial charge in [-0.15, -0.1) is 0 Å². The minimum absolute atomic E-state index is 0.189. The van der Waals surface area contributed by atoms with E-state index in [-0.39, 0.29) is 18.9 Å². The van der Waals surface area contributed by atoms with Crippen LogP contribution in [0.5, 0.6) is 0 Å². The maximum atomic E-state index is 13.3. The van der Waals surface area contributed by atoms with Crippen LogP contribution in [0.25, 0.3) is 0 Å². The first-order chi connectivity index (χ1) is 17.9. The lowest BCUT2D eigenvalue weighted by Crippen LogP contribution is -2.44. The van der Waals surface area contributed by atoms with E-state index in [4.69, 9.17) is 23.7 Å². The fourth-order valence-electron chi connectivity index (χ4n) is 3.90. The van der Waals surface area contributed by atoms with Crippen LogP contribution in [0.2, 0.25) is 0 Å². The highest BCUT2D eigenvalue weighted by atomic mass is 16.7. The summed E-state index contributed by atoms with van der Waals surface area (Å²) in [4.78, 5) is 50.2. The fraction of sp³-hybridized carbons (Fsp3) is 0.308. The molecule has 0 amide bonds. The molecule has 2 unspecified atom stereocenters. The molecule has 3 aromatic rings. The number of rotatable bonds is 9. The summed E-state index contributed by atoms with van der Waals surface area (Å²) in [7, 11) is 1.34. The molecular weight excluding hydrogens is 484 g/mol. The quantitative estimate of drug-likeness (QED) is 0.397. The molecule has 37 heavy (non-hydrogen) atoms. The van der Waals surface area contributed by atoms with Crippen molar-refractivity contribution in [1.82, 2.24) is 9.13 Å². The van der Waals surface area contributed by atoms with Crippen LogP contribution < -0.4 is 11.2 Å². The number of hydrogen-bond acceptors (Lipinski definition) is 9. The molecule has 0 aliphatic carbocycles. The van der Waals surface area contributed by atoms with Gasteiger partial charge in [0.1, 0.15) is 12.8 Å². The average Bonchev–Trinajstić information content (AvgIpc) is 3.22. The SMILES string of the molecule is COC1[C@H](OC(=O)c2ccccc2)C(OC(C)=O)O[C@H]1n1ccc(=O)n(COCc2ccccc2)c1=O. The Balaban J connectivity index is 1.59. The Hall–Kier alpha value is -4.06. The second-order valence-corrected chi connectivity index (χ2v) is 8.18. The average molecular weight is 510 g/mol. The van der Waals surface area contributed by atoms with Crippen molar-refractivity contribution in [3.63, 3.8) is 0 Å². The fourth-order valence-corrected chi connectivity index (χ4v) is 3.90. The largest absolute Gasteiger partial charge is 0.449 e. The summed E-state index contributed by atoms with van der Waals surface area (Å²) in [6.45, 7) is 1.05. The molecule has 1 aliphatic rings. The van der Waals surface area contributed by atoms with Gasteiger partial charge in [-0.2, -0.15) is 0 Å². The number of esters is 2. The lowest BCUT2D eigenvalue weighted by atomic mass is 10.2. The van der Waals surface area contributed by atoms with E-state index in [0.29, 0.717) is 0 Å². The van der Waals surface area contributed by atoms with E-state index < -0.39 is 47.9 Å². The highest BCUT2D eigenvalue weighted by Crippen LogP contribution is 2.33. The van der Waals surface area contributed by atoms with Crippen molar-refractivity contribution in [3.8, 4) is 0 Å². The molecule has 0 N–H and O–H groups in total. The van der Waals surface area contributed by atoms with Crippen LogP contribution >= 0.6 is 0 Å². The maximum absolute atomic E-state index is 13.3. The third-order valence-electron chi connectivity index (χ3n) is 5.66. The standard InChI is InChI=1S/C26H26N2O9/c1-17(29)35-25-22(36-24(31)19-11-7-4-8-12-19)21(33-2)23(37-25)27-14-13-20(30)28(26(27)32)16-34-15-18-9-5-3-6-10-18/h3-14,21-23,25H,15-16H2,1-2H3/t21?,22-,23+,25?/m0/s1. The number of hydrogen-bond donors (Lipinski definition) is 0. The highest BCUT2D eigenvalue weighted by molar-refractivity contribution is 5.89. The molecule has 1 saturated heterocycles. The van der Waals surface area contributed by atoms with Gasteiger partial charge in [0.25, 0.3) is 5.56 Å². The summed E-state index contributed by atoms with van der Waals surface area (Å²) in [5.74, 6) is -1.38. The lowest BCUT2D eigenvalue weighted by molar-refractivity contribution is -0.191. The van der Waals surface area contributed by atoms with Crippen molar-refractivity contribution in [1.29, 1.82) is 0 Å². The van der Waals surface area contributed by atoms with Crippen LogP contribution in [0.1, 0.15) is 29.1 Å². The first-order valence-corrected chi connectivity index (χ1v) is 11.4. The van der Waals surface area contributed by atoms with Crippen LogP contribution in [-0.2, 0) is 41.8 Å². The van der Waals surface area contributed by atoms with Crippen molar-refractivity contribution in [2.75, 3.05) is 7.11 Å². The monoisotopic (exact) mass is 510 g/mol. The van der Waals surface area contributed by atoms with Crippen LogP contribution in [0.3, 0.4) is 0 Å². The van der Waals surface area contributed by atoms with E-state index >= 15 is 0 Å². The summed E-state index contributed by atoms with van der Waals surface area (Å²) >= 11 is 0.